The van der Waals surface area contributed by atoms with E-state index in [0.29, 0.717) is 19.8 Å². The first-order chi connectivity index (χ1) is 12.1. The summed E-state index contributed by atoms with van der Waals surface area (Å²) in [7, 11) is 3.62. The molecule has 3 rings (SSSR count). The van der Waals surface area contributed by atoms with Gasteiger partial charge in [0.05, 0.1) is 25.1 Å². The molecule has 1 aliphatic heterocycles. The zero-order chi connectivity index (χ0) is 17.6. The lowest BCUT2D eigenvalue weighted by atomic mass is 10.1. The Hall–Kier alpha value is -2.03. The molecule has 0 amide bonds. The van der Waals surface area contributed by atoms with Crippen LogP contribution in [0.25, 0.3) is 0 Å². The highest BCUT2D eigenvalue weighted by Crippen LogP contribution is 2.23. The molecule has 1 aliphatic rings. The molecule has 0 saturated carbocycles. The lowest BCUT2D eigenvalue weighted by molar-refractivity contribution is -0.0350. The Balaban J connectivity index is 1.65. The summed E-state index contributed by atoms with van der Waals surface area (Å²) in [6.07, 6.45) is 3.92. The van der Waals surface area contributed by atoms with Crippen molar-refractivity contribution in [2.75, 3.05) is 45.3 Å². The van der Waals surface area contributed by atoms with Crippen molar-refractivity contribution in [2.24, 2.45) is 7.05 Å². The van der Waals surface area contributed by atoms with Gasteiger partial charge in [-0.15, -0.1) is 0 Å². The smallest absolute Gasteiger partial charge is 0.130 e. The van der Waals surface area contributed by atoms with Crippen LogP contribution in [0.5, 0.6) is 0 Å². The van der Waals surface area contributed by atoms with E-state index < -0.39 is 0 Å². The van der Waals surface area contributed by atoms with Gasteiger partial charge in [-0.2, -0.15) is 5.10 Å². The molecule has 0 unspecified atom stereocenters. The van der Waals surface area contributed by atoms with Crippen LogP contribution in [0.1, 0.15) is 23.2 Å². The molecule has 1 fully saturated rings. The minimum absolute atomic E-state index is 0.0462. The number of nitrogens with one attached hydrogen (secondary N) is 1. The van der Waals surface area contributed by atoms with Crippen LogP contribution in [0.2, 0.25) is 0 Å². The van der Waals surface area contributed by atoms with Crippen molar-refractivity contribution >= 4 is 5.82 Å². The van der Waals surface area contributed by atoms with E-state index in [0.717, 1.165) is 37.0 Å². The van der Waals surface area contributed by atoms with Crippen LogP contribution in [0.15, 0.2) is 18.5 Å². The molecular weight excluding hydrogens is 320 g/mol. The van der Waals surface area contributed by atoms with E-state index in [2.05, 4.69) is 31.5 Å². The standard InChI is InChI=1S/C17H26N6O2/c1-13-20-15(8-17(21-13)18-4-6-24-3)16-12-23(5-7-25-16)11-14-9-19-22(2)10-14/h8-10,16H,4-7,11-12H2,1-3H3,(H,18,20,21)/t16-/m1/s1. The van der Waals surface area contributed by atoms with Gasteiger partial charge >= 0.3 is 0 Å². The molecule has 3 heterocycles. The topological polar surface area (TPSA) is 77.3 Å². The van der Waals surface area contributed by atoms with Gasteiger partial charge in [-0.1, -0.05) is 0 Å². The number of morpholine rings is 1. The first-order valence-electron chi connectivity index (χ1n) is 8.54. The molecule has 0 spiro atoms. The van der Waals surface area contributed by atoms with Crippen LogP contribution in [0.4, 0.5) is 5.82 Å². The van der Waals surface area contributed by atoms with Crippen molar-refractivity contribution < 1.29 is 9.47 Å². The van der Waals surface area contributed by atoms with Crippen LogP contribution in [-0.2, 0) is 23.1 Å². The second-order valence-electron chi connectivity index (χ2n) is 6.26. The lowest BCUT2D eigenvalue weighted by Crippen LogP contribution is -2.38. The predicted octanol–water partition coefficient (Wildman–Crippen LogP) is 1.15. The van der Waals surface area contributed by atoms with Gasteiger partial charge in [0.25, 0.3) is 0 Å². The van der Waals surface area contributed by atoms with Gasteiger partial charge in [-0.25, -0.2) is 9.97 Å². The summed E-state index contributed by atoms with van der Waals surface area (Å²) < 4.78 is 12.9. The Morgan fingerprint density at radius 1 is 1.40 bits per heavy atom. The van der Waals surface area contributed by atoms with Gasteiger partial charge in [0.15, 0.2) is 0 Å². The number of anilines is 1. The Morgan fingerprint density at radius 2 is 2.28 bits per heavy atom. The van der Waals surface area contributed by atoms with Gasteiger partial charge in [-0.3, -0.25) is 9.58 Å². The number of aromatic nitrogens is 4. The molecule has 1 N–H and O–H groups in total. The fraction of sp³-hybridized carbons (Fsp3) is 0.588. The summed E-state index contributed by atoms with van der Waals surface area (Å²) in [4.78, 5) is 11.4. The Bertz CT molecular complexity index is 690. The van der Waals surface area contributed by atoms with Gasteiger partial charge in [0, 0.05) is 58.2 Å². The Kier molecular flexibility index (Phi) is 5.95. The number of hydrogen-bond acceptors (Lipinski definition) is 7. The lowest BCUT2D eigenvalue weighted by Gasteiger charge is -2.32. The first-order valence-corrected chi connectivity index (χ1v) is 8.54. The fourth-order valence-corrected chi connectivity index (χ4v) is 2.96. The average molecular weight is 346 g/mol. The molecule has 8 heteroatoms. The molecule has 25 heavy (non-hydrogen) atoms. The molecule has 0 aromatic carbocycles. The van der Waals surface area contributed by atoms with Crippen molar-refractivity contribution in [3.63, 3.8) is 0 Å². The van der Waals surface area contributed by atoms with Gasteiger partial charge < -0.3 is 14.8 Å². The van der Waals surface area contributed by atoms with Crippen molar-refractivity contribution in [1.29, 1.82) is 0 Å². The molecule has 0 aliphatic carbocycles. The Labute approximate surface area is 148 Å². The van der Waals surface area contributed by atoms with Crippen LogP contribution in [0, 0.1) is 6.92 Å². The van der Waals surface area contributed by atoms with E-state index in [4.69, 9.17) is 9.47 Å². The maximum atomic E-state index is 5.97. The SMILES string of the molecule is COCCNc1cc([C@H]2CN(Cc3cnn(C)c3)CCO2)nc(C)n1. The molecule has 1 saturated heterocycles. The largest absolute Gasteiger partial charge is 0.383 e. The molecule has 8 nitrogen and oxygen atoms in total. The van der Waals surface area contributed by atoms with Gasteiger partial charge in [0.2, 0.25) is 0 Å². The van der Waals surface area contributed by atoms with E-state index >= 15 is 0 Å². The van der Waals surface area contributed by atoms with E-state index in [1.54, 1.807) is 7.11 Å². The van der Waals surface area contributed by atoms with E-state index in [1.165, 1.54) is 5.56 Å². The molecule has 2 aromatic heterocycles. The van der Waals surface area contributed by atoms with Crippen molar-refractivity contribution in [3.05, 3.63) is 35.5 Å². The summed E-state index contributed by atoms with van der Waals surface area (Å²) in [5.74, 6) is 1.55. The first kappa shape index (κ1) is 17.8. The van der Waals surface area contributed by atoms with Crippen LogP contribution in [0.3, 0.4) is 0 Å². The van der Waals surface area contributed by atoms with Gasteiger partial charge in [0.1, 0.15) is 17.7 Å². The highest BCUT2D eigenvalue weighted by molar-refractivity contribution is 5.36. The highest BCUT2D eigenvalue weighted by atomic mass is 16.5. The summed E-state index contributed by atoms with van der Waals surface area (Å²) >= 11 is 0. The quantitative estimate of drug-likeness (QED) is 0.754. The van der Waals surface area contributed by atoms with Crippen LogP contribution < -0.4 is 5.32 Å². The molecule has 2 aromatic rings. The zero-order valence-electron chi connectivity index (χ0n) is 15.1. The molecular formula is C17H26N6O2. The van der Waals surface area contributed by atoms with Crippen LogP contribution in [-0.4, -0.2) is 64.6 Å². The average Bonchev–Trinajstić information content (AvgIpc) is 3.00. The maximum Gasteiger partial charge on any atom is 0.130 e. The second kappa shape index (κ2) is 8.37. The predicted molar refractivity (Wildman–Crippen MR) is 94.3 cm³/mol. The zero-order valence-corrected chi connectivity index (χ0v) is 15.1. The summed E-state index contributed by atoms with van der Waals surface area (Å²) in [5, 5.41) is 7.50. The van der Waals surface area contributed by atoms with Crippen molar-refractivity contribution in [1.82, 2.24) is 24.6 Å². The maximum absolute atomic E-state index is 5.97. The summed E-state index contributed by atoms with van der Waals surface area (Å²) in [6.45, 7) is 6.54. The molecule has 136 valence electrons. The number of methoxy groups -OCH3 is 1. The van der Waals surface area contributed by atoms with E-state index in [1.807, 2.05) is 30.9 Å². The second-order valence-corrected chi connectivity index (χ2v) is 6.26. The van der Waals surface area contributed by atoms with Crippen molar-refractivity contribution in [2.45, 2.75) is 19.6 Å². The number of rotatable bonds is 7. The highest BCUT2D eigenvalue weighted by Gasteiger charge is 2.24. The minimum atomic E-state index is -0.0462. The normalized spacial score (nSPS) is 18.4. The molecule has 1 atom stereocenters. The number of ether oxygens (including phenoxy) is 2. The summed E-state index contributed by atoms with van der Waals surface area (Å²) in [5.41, 5.74) is 2.13. The Morgan fingerprint density at radius 3 is 3.04 bits per heavy atom. The summed E-state index contributed by atoms with van der Waals surface area (Å²) in [6, 6.07) is 1.97. The van der Waals surface area contributed by atoms with E-state index in [-0.39, 0.29) is 6.10 Å². The van der Waals surface area contributed by atoms with E-state index in [9.17, 15) is 0 Å². The van der Waals surface area contributed by atoms with Crippen molar-refractivity contribution in [3.8, 4) is 0 Å². The minimum Gasteiger partial charge on any atom is -0.383 e. The molecule has 0 bridgehead atoms. The monoisotopic (exact) mass is 346 g/mol. The third kappa shape index (κ3) is 4.97. The number of aryl methyl sites for hydroxylation is 2. The fourth-order valence-electron chi connectivity index (χ4n) is 2.96. The van der Waals surface area contributed by atoms with Crippen LogP contribution >= 0.6 is 0 Å². The third-order valence-electron chi connectivity index (χ3n) is 4.12. The van der Waals surface area contributed by atoms with Gasteiger partial charge in [-0.05, 0) is 6.92 Å². The number of hydrogen-bond donors (Lipinski definition) is 1. The third-order valence-corrected chi connectivity index (χ3v) is 4.12. The number of nitrogens with zero attached hydrogens (tertiary/aromatic N) is 5. The molecule has 0 radical (unpaired) electrons.